The molecule has 0 aliphatic carbocycles. The quantitative estimate of drug-likeness (QED) is 0.0820. The number of aromatic nitrogens is 3. The van der Waals surface area contributed by atoms with Gasteiger partial charge in [-0.05, 0) is 36.4 Å². The second-order valence-electron chi connectivity index (χ2n) is 7.45. The molecule has 52 heavy (non-hydrogen) atoms. The normalized spacial score (nSPS) is 7.85. The number of carbonyl (C=O) groups excluding carboxylic acids is 6. The van der Waals surface area contributed by atoms with Crippen LogP contribution in [0.1, 0.15) is 62.9 Å². The van der Waals surface area contributed by atoms with Crippen LogP contribution in [0.4, 0.5) is 0 Å². The number of nitrogens with zero attached hydrogens (tertiary/aromatic N) is 3. The fourth-order valence-electron chi connectivity index (χ4n) is 1.99. The monoisotopic (exact) mass is 869 g/mol. The van der Waals surface area contributed by atoms with Crippen LogP contribution in [-0.2, 0) is 0 Å². The van der Waals surface area contributed by atoms with Gasteiger partial charge in [0, 0.05) is 0 Å². The van der Waals surface area contributed by atoms with Gasteiger partial charge in [-0.25, -0.2) is 15.0 Å². The van der Waals surface area contributed by atoms with E-state index >= 15 is 0 Å². The topological polar surface area (TPSA) is 607 Å². The Morgan fingerprint density at radius 1 is 0.385 bits per heavy atom. The van der Waals surface area contributed by atoms with Gasteiger partial charge in [-0.2, -0.15) is 0 Å². The Morgan fingerprint density at radius 2 is 0.481 bits per heavy atom. The molecular formula is C24H33CeN12O15. The molecule has 1 radical (unpaired) electrons. The smallest absolute Gasteiger partial charge is 0.543 e. The molecule has 24 N–H and O–H groups in total. The van der Waals surface area contributed by atoms with Crippen LogP contribution in [-0.4, -0.2) is 85.1 Å². The van der Waals surface area contributed by atoms with Crippen LogP contribution in [0, 0.1) is 41.7 Å². The average molecular weight is 870 g/mol. The maximum Gasteiger partial charge on any atom is 3.00 e. The van der Waals surface area contributed by atoms with Gasteiger partial charge in [0.15, 0.2) is 0 Å². The predicted octanol–water partition coefficient (Wildman–Crippen LogP) is -18.0. The Morgan fingerprint density at radius 3 is 0.558 bits per heavy atom. The van der Waals surface area contributed by atoms with Crippen molar-refractivity contribution in [3.8, 4) is 0 Å². The predicted molar refractivity (Wildman–Crippen MR) is 155 cm³/mol. The van der Waals surface area contributed by atoms with Gasteiger partial charge in [0.05, 0.1) is 70.0 Å². The number of carboxylic acids is 6. The number of aromatic carboxylic acids is 6. The first-order valence-corrected chi connectivity index (χ1v) is 11.6. The van der Waals surface area contributed by atoms with Crippen LogP contribution in [0.15, 0.2) is 54.6 Å². The largest absolute Gasteiger partial charge is 3.00 e. The average Bonchev–Trinajstić information content (AvgIpc) is 2.97. The van der Waals surface area contributed by atoms with Gasteiger partial charge in [0.2, 0.25) is 0 Å². The molecule has 0 saturated carbocycles. The van der Waals surface area contributed by atoms with E-state index in [1.54, 1.807) is 0 Å². The molecule has 27 nitrogen and oxygen atoms in total. The number of rotatable bonds is 6. The minimum Gasteiger partial charge on any atom is -0.543 e. The zero-order valence-electron chi connectivity index (χ0n) is 26.1. The Hall–Kier alpha value is -6.66. The summed E-state index contributed by atoms with van der Waals surface area (Å²) in [6.45, 7) is 0. The molecule has 3 aromatic rings. The molecule has 0 amide bonds. The van der Waals surface area contributed by atoms with Gasteiger partial charge in [0.1, 0.15) is 0 Å². The Bertz CT molecular complexity index is 1360. The van der Waals surface area contributed by atoms with Crippen LogP contribution in [0.3, 0.4) is 0 Å². The van der Waals surface area contributed by atoms with Crippen molar-refractivity contribution in [2.75, 3.05) is 0 Å². The van der Waals surface area contributed by atoms with Crippen molar-refractivity contribution in [3.63, 3.8) is 0 Å². The second-order valence-corrected chi connectivity index (χ2v) is 7.45. The summed E-state index contributed by atoms with van der Waals surface area (Å²) in [6.07, 6.45) is 0. The first-order chi connectivity index (χ1) is 22.0. The first-order valence-electron chi connectivity index (χ1n) is 11.6. The number of nitrogens with two attached hydrogens (primary N) is 9. The van der Waals surface area contributed by atoms with E-state index in [0.717, 1.165) is 36.4 Å². The molecule has 0 aliphatic rings. The number of hydrogen-bond acceptors (Lipinski definition) is 15. The molecule has 283 valence electrons. The second kappa shape index (κ2) is 32.9. The van der Waals surface area contributed by atoms with Crippen LogP contribution in [0.25, 0.3) is 0 Å². The van der Waals surface area contributed by atoms with Gasteiger partial charge in [-0.1, -0.05) is 18.2 Å². The number of pyridine rings is 3. The van der Waals surface area contributed by atoms with Crippen molar-refractivity contribution in [2.24, 2.45) is 34.4 Å². The van der Waals surface area contributed by atoms with E-state index in [2.05, 4.69) is 65.6 Å². The summed E-state index contributed by atoms with van der Waals surface area (Å²) in [5, 5.41) is 74.9. The molecule has 0 fully saturated rings. The van der Waals surface area contributed by atoms with E-state index in [4.69, 9.17) is 0 Å². The summed E-state index contributed by atoms with van der Waals surface area (Å²) < 4.78 is 0. The van der Waals surface area contributed by atoms with Crippen molar-refractivity contribution in [1.29, 1.82) is 0 Å². The zero-order valence-corrected chi connectivity index (χ0v) is 29.3. The Labute approximate surface area is 324 Å². The van der Waals surface area contributed by atoms with Crippen LogP contribution < -0.4 is 81.3 Å². The van der Waals surface area contributed by atoms with E-state index in [0.29, 0.717) is 0 Å². The van der Waals surface area contributed by atoms with E-state index in [-0.39, 0.29) is 76.1 Å². The number of carboxylic acid groups (broad SMARTS) is 6. The molecule has 3 heterocycles. The zero-order chi connectivity index (χ0) is 38.1. The molecule has 0 saturated heterocycles. The van der Waals surface area contributed by atoms with E-state index in [9.17, 15) is 59.4 Å². The van der Waals surface area contributed by atoms with Crippen LogP contribution in [0.2, 0.25) is 0 Å². The molecule has 3 aromatic heterocycles. The summed E-state index contributed by atoms with van der Waals surface area (Å²) in [4.78, 5) is 70.9. The van der Waals surface area contributed by atoms with Crippen molar-refractivity contribution >= 4 is 53.7 Å². The third-order valence-electron chi connectivity index (χ3n) is 3.50. The van der Waals surface area contributed by atoms with Crippen LogP contribution >= 0.6 is 0 Å². The van der Waals surface area contributed by atoms with Gasteiger partial charge in [0.25, 0.3) is 0 Å². The van der Waals surface area contributed by atoms with Crippen molar-refractivity contribution in [2.45, 2.75) is 0 Å². The fourth-order valence-corrected chi connectivity index (χ4v) is 1.99. The molecule has 0 bridgehead atoms. The molecule has 0 atom stereocenters. The van der Waals surface area contributed by atoms with Gasteiger partial charge >= 0.3 is 59.6 Å². The van der Waals surface area contributed by atoms with Gasteiger partial charge < -0.3 is 75.8 Å². The van der Waals surface area contributed by atoms with Crippen molar-refractivity contribution in [3.05, 3.63) is 88.8 Å². The third-order valence-corrected chi connectivity index (χ3v) is 3.50. The van der Waals surface area contributed by atoms with E-state index in [1.807, 2.05) is 0 Å². The Kier molecular flexibility index (Phi) is 38.3. The van der Waals surface area contributed by atoms with Crippen molar-refractivity contribution in [1.82, 2.24) is 15.0 Å². The molecule has 0 unspecified atom stereocenters. The van der Waals surface area contributed by atoms with E-state index in [1.165, 1.54) is 18.2 Å². The maximum atomic E-state index is 10.2. The molecule has 3 rings (SSSR count). The molecule has 0 spiro atoms. The summed E-state index contributed by atoms with van der Waals surface area (Å²) in [7, 11) is 0. The van der Waals surface area contributed by atoms with Crippen LogP contribution in [0.5, 0.6) is 0 Å². The van der Waals surface area contributed by atoms with Crippen molar-refractivity contribution < 1.29 is 134 Å². The minimum atomic E-state index is -1.52. The molecular weight excluding hydrogens is 836 g/mol. The van der Waals surface area contributed by atoms with Gasteiger partial charge in [-0.15, -0.1) is 0 Å². The number of carbonyl (C=O) groups is 6. The molecule has 0 aliphatic heterocycles. The molecule has 28 heteroatoms. The number of hydrogen-bond donors (Lipinski definition) is 9. The SMILES string of the molecule is NC(N)=[NH2+].NC(N)=[NH2+].NC(N)=[NH2+].O.O.O.O=C([O-])c1cccc(C(=O)[O-])n1.O=C([O-])c1cccc(C(=O)[O-])n1.O=C([O-])c1cccc(C(=O)[O-])n1.[Ce+3]. The van der Waals surface area contributed by atoms with E-state index < -0.39 is 70.0 Å². The minimum absolute atomic E-state index is 0. The fraction of sp³-hybridized carbons (Fsp3) is 0. The summed E-state index contributed by atoms with van der Waals surface area (Å²) >= 11 is 0. The standard InChI is InChI=1S/3C7H5NO4.3CH5N3.Ce.3H2O/c3*9-6(10)4-2-1-3-5(8-4)7(11)12;3*2-1(3)4;;;;/h3*1-3H,(H,9,10)(H,11,12);3*(H5,2,3,4);;3*1H2/q;;;;;;+3;;;/p-3. The van der Waals surface area contributed by atoms with Gasteiger partial charge in [-0.3, -0.25) is 50.6 Å². The summed E-state index contributed by atoms with van der Waals surface area (Å²) in [5.74, 6) is -9.34. The number of guanidine groups is 3. The summed E-state index contributed by atoms with van der Waals surface area (Å²) in [5.41, 5.74) is 25.0. The summed E-state index contributed by atoms with van der Waals surface area (Å²) in [6, 6.07) is 10.6. The molecule has 0 aromatic carbocycles. The Balaban J connectivity index is -0.0000000979. The third kappa shape index (κ3) is 34.7. The maximum absolute atomic E-state index is 10.2. The first kappa shape index (κ1) is 60.6.